The minimum absolute atomic E-state index is 0.0250. The van der Waals surface area contributed by atoms with Crippen LogP contribution in [0.15, 0.2) is 36.4 Å². The molecule has 7 heteroatoms. The van der Waals surface area contributed by atoms with Gasteiger partial charge in [0.15, 0.2) is 11.5 Å². The molecule has 0 atom stereocenters. The molecule has 27 heavy (non-hydrogen) atoms. The highest BCUT2D eigenvalue weighted by molar-refractivity contribution is 6.32. The molecule has 1 N–H and O–H groups in total. The lowest BCUT2D eigenvalue weighted by Gasteiger charge is -2.15. The molecule has 0 bridgehead atoms. The fourth-order valence-corrected chi connectivity index (χ4v) is 3.34. The molecular weight excluding hydrogens is 368 g/mol. The summed E-state index contributed by atoms with van der Waals surface area (Å²) in [6.07, 6.45) is 2.10. The molecule has 6 nitrogen and oxygen atoms in total. The highest BCUT2D eigenvalue weighted by Gasteiger charge is 2.19. The Morgan fingerprint density at radius 3 is 2.26 bits per heavy atom. The third-order valence-electron chi connectivity index (χ3n) is 4.48. The average molecular weight is 389 g/mol. The topological polar surface area (TPSA) is 67.9 Å². The van der Waals surface area contributed by atoms with Crippen LogP contribution in [-0.4, -0.2) is 44.0 Å². The van der Waals surface area contributed by atoms with E-state index < -0.39 is 0 Å². The average Bonchev–Trinajstić information content (AvgIpc) is 3.22. The van der Waals surface area contributed by atoms with Crippen molar-refractivity contribution < 1.29 is 19.1 Å². The summed E-state index contributed by atoms with van der Waals surface area (Å²) in [7, 11) is 2.96. The molecule has 0 spiro atoms. The maximum absolute atomic E-state index is 12.5. The van der Waals surface area contributed by atoms with E-state index in [0.29, 0.717) is 28.3 Å². The molecule has 2 amide bonds. The van der Waals surface area contributed by atoms with Crippen LogP contribution in [-0.2, 0) is 0 Å². The summed E-state index contributed by atoms with van der Waals surface area (Å²) in [4.78, 5) is 26.7. The van der Waals surface area contributed by atoms with Gasteiger partial charge in [0.1, 0.15) is 0 Å². The second-order valence-corrected chi connectivity index (χ2v) is 6.63. The number of ether oxygens (including phenoxy) is 2. The first-order valence-electron chi connectivity index (χ1n) is 8.65. The van der Waals surface area contributed by atoms with E-state index in [9.17, 15) is 9.59 Å². The summed E-state index contributed by atoms with van der Waals surface area (Å²) in [6, 6.07) is 9.94. The highest BCUT2D eigenvalue weighted by atomic mass is 35.5. The first-order valence-corrected chi connectivity index (χ1v) is 9.03. The molecular formula is C20H21ClN2O4. The molecule has 0 unspecified atom stereocenters. The Morgan fingerprint density at radius 2 is 1.67 bits per heavy atom. The predicted molar refractivity (Wildman–Crippen MR) is 104 cm³/mol. The third-order valence-corrected chi connectivity index (χ3v) is 4.76. The van der Waals surface area contributed by atoms with Crippen LogP contribution >= 0.6 is 11.6 Å². The van der Waals surface area contributed by atoms with Gasteiger partial charge >= 0.3 is 0 Å². The largest absolute Gasteiger partial charge is 0.493 e. The first-order chi connectivity index (χ1) is 13.0. The van der Waals surface area contributed by atoms with E-state index in [1.165, 1.54) is 20.3 Å². The van der Waals surface area contributed by atoms with E-state index in [0.717, 1.165) is 25.9 Å². The molecule has 0 aliphatic carbocycles. The molecule has 1 aliphatic rings. The van der Waals surface area contributed by atoms with Gasteiger partial charge in [-0.3, -0.25) is 9.59 Å². The minimum Gasteiger partial charge on any atom is -0.493 e. The minimum atomic E-state index is -0.337. The number of nitrogens with zero attached hydrogens (tertiary/aromatic N) is 1. The van der Waals surface area contributed by atoms with E-state index in [-0.39, 0.29) is 16.8 Å². The quantitative estimate of drug-likeness (QED) is 0.844. The smallest absolute Gasteiger partial charge is 0.255 e. The zero-order chi connectivity index (χ0) is 19.4. The van der Waals surface area contributed by atoms with Crippen molar-refractivity contribution in [3.63, 3.8) is 0 Å². The van der Waals surface area contributed by atoms with Gasteiger partial charge in [0.2, 0.25) is 0 Å². The van der Waals surface area contributed by atoms with Gasteiger partial charge in [0, 0.05) is 29.9 Å². The van der Waals surface area contributed by atoms with Crippen molar-refractivity contribution >= 4 is 29.1 Å². The summed E-state index contributed by atoms with van der Waals surface area (Å²) in [5, 5.41) is 3.08. The maximum atomic E-state index is 12.5. The van der Waals surface area contributed by atoms with Gasteiger partial charge in [-0.2, -0.15) is 0 Å². The molecule has 1 fully saturated rings. The summed E-state index contributed by atoms with van der Waals surface area (Å²) in [5.74, 6) is 0.440. The molecule has 0 saturated carbocycles. The SMILES string of the molecule is COc1cc(C(=O)Nc2ccc(C(=O)N3CCCC3)cc2)cc(Cl)c1OC. The van der Waals surface area contributed by atoms with Crippen molar-refractivity contribution in [2.75, 3.05) is 32.6 Å². The fourth-order valence-electron chi connectivity index (χ4n) is 3.05. The van der Waals surface area contributed by atoms with Gasteiger partial charge in [-0.05, 0) is 49.2 Å². The number of rotatable bonds is 5. The van der Waals surface area contributed by atoms with E-state index >= 15 is 0 Å². The van der Waals surface area contributed by atoms with Crippen molar-refractivity contribution in [1.82, 2.24) is 4.90 Å². The number of carbonyl (C=O) groups is 2. The number of anilines is 1. The first kappa shape index (κ1) is 19.0. The predicted octanol–water partition coefficient (Wildman–Crippen LogP) is 3.85. The number of hydrogen-bond acceptors (Lipinski definition) is 4. The lowest BCUT2D eigenvalue weighted by molar-refractivity contribution is 0.0792. The zero-order valence-corrected chi connectivity index (χ0v) is 16.0. The van der Waals surface area contributed by atoms with E-state index in [2.05, 4.69) is 5.32 Å². The van der Waals surface area contributed by atoms with Crippen LogP contribution in [0.25, 0.3) is 0 Å². The van der Waals surface area contributed by atoms with Crippen LogP contribution in [0, 0.1) is 0 Å². The van der Waals surface area contributed by atoms with Crippen LogP contribution in [0.1, 0.15) is 33.6 Å². The molecule has 3 rings (SSSR count). The van der Waals surface area contributed by atoms with Crippen LogP contribution in [0.5, 0.6) is 11.5 Å². The van der Waals surface area contributed by atoms with Crippen LogP contribution in [0.3, 0.4) is 0 Å². The van der Waals surface area contributed by atoms with Crippen LogP contribution in [0.4, 0.5) is 5.69 Å². The summed E-state index contributed by atoms with van der Waals surface area (Å²) in [6.45, 7) is 1.61. The standard InChI is InChI=1S/C20H21ClN2O4/c1-26-17-12-14(11-16(21)18(17)27-2)19(24)22-15-7-5-13(6-8-15)20(25)23-9-3-4-10-23/h5-8,11-12H,3-4,9-10H2,1-2H3,(H,22,24). The van der Waals surface area contributed by atoms with Crippen LogP contribution < -0.4 is 14.8 Å². The van der Waals surface area contributed by atoms with Gasteiger partial charge < -0.3 is 19.7 Å². The fraction of sp³-hybridized carbons (Fsp3) is 0.300. The van der Waals surface area contributed by atoms with Crippen LogP contribution in [0.2, 0.25) is 5.02 Å². The van der Waals surface area contributed by atoms with Crippen molar-refractivity contribution in [3.8, 4) is 11.5 Å². The van der Waals surface area contributed by atoms with E-state index in [1.807, 2.05) is 4.90 Å². The van der Waals surface area contributed by atoms with Crippen molar-refractivity contribution in [1.29, 1.82) is 0 Å². The molecule has 1 saturated heterocycles. The van der Waals surface area contributed by atoms with Gasteiger partial charge in [-0.15, -0.1) is 0 Å². The lowest BCUT2D eigenvalue weighted by Crippen LogP contribution is -2.27. The number of methoxy groups -OCH3 is 2. The van der Waals surface area contributed by atoms with Crippen molar-refractivity contribution in [3.05, 3.63) is 52.5 Å². The second-order valence-electron chi connectivity index (χ2n) is 6.22. The van der Waals surface area contributed by atoms with Gasteiger partial charge in [0.05, 0.1) is 19.2 Å². The number of carbonyl (C=O) groups excluding carboxylic acids is 2. The summed E-state index contributed by atoms with van der Waals surface area (Å²) >= 11 is 6.15. The molecule has 2 aromatic rings. The molecule has 1 aliphatic heterocycles. The van der Waals surface area contributed by atoms with Crippen molar-refractivity contribution in [2.24, 2.45) is 0 Å². The number of halogens is 1. The zero-order valence-electron chi connectivity index (χ0n) is 15.3. The number of nitrogens with one attached hydrogen (secondary N) is 1. The van der Waals surface area contributed by atoms with Gasteiger partial charge in [-0.1, -0.05) is 11.6 Å². The monoisotopic (exact) mass is 388 g/mol. The Labute approximate surface area is 163 Å². The number of amides is 2. The Morgan fingerprint density at radius 1 is 1.00 bits per heavy atom. The lowest BCUT2D eigenvalue weighted by atomic mass is 10.1. The van der Waals surface area contributed by atoms with Gasteiger partial charge in [-0.25, -0.2) is 0 Å². The second kappa shape index (κ2) is 8.31. The summed E-state index contributed by atoms with van der Waals surface area (Å²) in [5.41, 5.74) is 1.54. The van der Waals surface area contributed by atoms with E-state index in [1.54, 1.807) is 30.3 Å². The highest BCUT2D eigenvalue weighted by Crippen LogP contribution is 2.36. The molecule has 0 aromatic heterocycles. The maximum Gasteiger partial charge on any atom is 0.255 e. The molecule has 1 heterocycles. The number of benzene rings is 2. The Hall–Kier alpha value is -2.73. The Kier molecular flexibility index (Phi) is 5.86. The third kappa shape index (κ3) is 4.17. The number of hydrogen-bond donors (Lipinski definition) is 1. The van der Waals surface area contributed by atoms with Gasteiger partial charge in [0.25, 0.3) is 11.8 Å². The number of likely N-dealkylation sites (tertiary alicyclic amines) is 1. The Balaban J connectivity index is 1.72. The molecule has 0 radical (unpaired) electrons. The molecule has 142 valence electrons. The summed E-state index contributed by atoms with van der Waals surface area (Å²) < 4.78 is 10.4. The normalized spacial score (nSPS) is 13.4. The Bertz CT molecular complexity index is 846. The van der Waals surface area contributed by atoms with E-state index in [4.69, 9.17) is 21.1 Å². The molecule has 2 aromatic carbocycles. The van der Waals surface area contributed by atoms with Crippen molar-refractivity contribution in [2.45, 2.75) is 12.8 Å².